The summed E-state index contributed by atoms with van der Waals surface area (Å²) in [6.07, 6.45) is 1.72. The first kappa shape index (κ1) is 15.7. The van der Waals surface area contributed by atoms with Crippen LogP contribution in [0.5, 0.6) is 0 Å². The number of aromatic nitrogens is 1. The minimum Gasteiger partial charge on any atom is -0.451 e. The van der Waals surface area contributed by atoms with Gasteiger partial charge in [-0.1, -0.05) is 12.1 Å². The summed E-state index contributed by atoms with van der Waals surface area (Å²) in [4.78, 5) is 19.2. The molecular weight excluding hydrogens is 316 g/mol. The van der Waals surface area contributed by atoms with Gasteiger partial charge >= 0.3 is 0 Å². The summed E-state index contributed by atoms with van der Waals surface area (Å²) in [6, 6.07) is 11.3. The molecule has 128 valence electrons. The molecule has 0 radical (unpaired) electrons. The van der Waals surface area contributed by atoms with Crippen molar-refractivity contribution in [3.8, 4) is 0 Å². The third-order valence-corrected chi connectivity index (χ3v) is 4.45. The van der Waals surface area contributed by atoms with E-state index in [0.29, 0.717) is 11.4 Å². The van der Waals surface area contributed by atoms with Crippen LogP contribution in [0.3, 0.4) is 0 Å². The van der Waals surface area contributed by atoms with Gasteiger partial charge < -0.3 is 20.0 Å². The minimum atomic E-state index is -0.256. The maximum atomic E-state index is 12.5. The van der Waals surface area contributed by atoms with Gasteiger partial charge in [-0.05, 0) is 30.7 Å². The molecule has 1 aliphatic rings. The van der Waals surface area contributed by atoms with Crippen molar-refractivity contribution < 1.29 is 9.21 Å². The topological polar surface area (TPSA) is 70.4 Å². The average molecular weight is 336 g/mol. The number of amides is 1. The number of pyridine rings is 1. The van der Waals surface area contributed by atoms with E-state index in [1.165, 1.54) is 0 Å². The largest absolute Gasteiger partial charge is 0.451 e. The number of carbonyl (C=O) groups is 1. The van der Waals surface area contributed by atoms with E-state index in [9.17, 15) is 4.79 Å². The maximum absolute atomic E-state index is 12.5. The quantitative estimate of drug-likeness (QED) is 0.770. The van der Waals surface area contributed by atoms with Gasteiger partial charge in [0.2, 0.25) is 0 Å². The average Bonchev–Trinajstić information content (AvgIpc) is 3.09. The molecule has 1 aromatic carbocycles. The molecule has 0 bridgehead atoms. The normalized spacial score (nSPS) is 14.7. The monoisotopic (exact) mass is 336 g/mol. The van der Waals surface area contributed by atoms with Crippen molar-refractivity contribution in [2.24, 2.45) is 0 Å². The molecule has 3 heterocycles. The molecule has 2 N–H and O–H groups in total. The van der Waals surface area contributed by atoms with Crippen molar-refractivity contribution in [3.63, 3.8) is 0 Å². The summed E-state index contributed by atoms with van der Waals surface area (Å²) in [5.74, 6) is 0.928. The van der Waals surface area contributed by atoms with E-state index in [4.69, 9.17) is 4.42 Å². The first-order valence-electron chi connectivity index (χ1n) is 8.43. The lowest BCUT2D eigenvalue weighted by Crippen LogP contribution is -2.43. The van der Waals surface area contributed by atoms with Gasteiger partial charge in [0.15, 0.2) is 5.76 Å². The van der Waals surface area contributed by atoms with Gasteiger partial charge in [-0.25, -0.2) is 4.98 Å². The van der Waals surface area contributed by atoms with E-state index >= 15 is 0 Å². The smallest absolute Gasteiger partial charge is 0.291 e. The number of benzene rings is 1. The van der Waals surface area contributed by atoms with Gasteiger partial charge in [0.25, 0.3) is 5.91 Å². The molecule has 1 fully saturated rings. The maximum Gasteiger partial charge on any atom is 0.291 e. The zero-order valence-electron chi connectivity index (χ0n) is 14.1. The summed E-state index contributed by atoms with van der Waals surface area (Å²) < 4.78 is 5.68. The van der Waals surface area contributed by atoms with Crippen LogP contribution in [-0.2, 0) is 0 Å². The van der Waals surface area contributed by atoms with Crippen LogP contribution < -0.4 is 15.5 Å². The molecular formula is C19H20N4O2. The lowest BCUT2D eigenvalue weighted by molar-refractivity contribution is 0.0998. The molecule has 25 heavy (non-hydrogen) atoms. The van der Waals surface area contributed by atoms with Crippen molar-refractivity contribution in [2.75, 3.05) is 36.4 Å². The molecule has 0 unspecified atom stereocenters. The summed E-state index contributed by atoms with van der Waals surface area (Å²) in [7, 11) is 0. The van der Waals surface area contributed by atoms with Crippen molar-refractivity contribution >= 4 is 28.4 Å². The summed E-state index contributed by atoms with van der Waals surface area (Å²) in [5, 5.41) is 7.18. The first-order chi connectivity index (χ1) is 12.2. The summed E-state index contributed by atoms with van der Waals surface area (Å²) in [6.45, 7) is 5.70. The fraction of sp³-hybridized carbons (Fsp3) is 0.263. The Kier molecular flexibility index (Phi) is 4.11. The van der Waals surface area contributed by atoms with Gasteiger partial charge in [0.05, 0.1) is 0 Å². The third-order valence-electron chi connectivity index (χ3n) is 4.45. The lowest BCUT2D eigenvalue weighted by atomic mass is 10.1. The number of hydrogen-bond acceptors (Lipinski definition) is 5. The molecule has 0 saturated carbocycles. The Bertz CT molecular complexity index is 913. The number of nitrogens with zero attached hydrogens (tertiary/aromatic N) is 2. The van der Waals surface area contributed by atoms with E-state index in [0.717, 1.165) is 48.5 Å². The highest BCUT2D eigenvalue weighted by Gasteiger charge is 2.15. The number of nitrogens with one attached hydrogen (secondary N) is 2. The van der Waals surface area contributed by atoms with Gasteiger partial charge in [-0.15, -0.1) is 0 Å². The van der Waals surface area contributed by atoms with Crippen LogP contribution in [0.2, 0.25) is 0 Å². The second-order valence-electron chi connectivity index (χ2n) is 6.19. The van der Waals surface area contributed by atoms with Crippen LogP contribution in [0.1, 0.15) is 16.1 Å². The molecule has 1 saturated heterocycles. The predicted molar refractivity (Wildman–Crippen MR) is 98.2 cm³/mol. The van der Waals surface area contributed by atoms with Gasteiger partial charge in [-0.2, -0.15) is 0 Å². The van der Waals surface area contributed by atoms with Gasteiger partial charge in [0.1, 0.15) is 11.4 Å². The fourth-order valence-electron chi connectivity index (χ4n) is 3.07. The molecule has 3 aromatic rings. The van der Waals surface area contributed by atoms with Crippen molar-refractivity contribution in [1.82, 2.24) is 10.3 Å². The standard InChI is InChI=1S/C19H20N4O2/c1-13-3-2-4-16-15(13)12-17(25-16)19(24)22-14-5-6-21-18(11-14)23-9-7-20-8-10-23/h2-6,11-12,20H,7-10H2,1H3,(H,21,22,24). The first-order valence-corrected chi connectivity index (χ1v) is 8.43. The number of piperazine rings is 1. The third kappa shape index (κ3) is 3.21. The van der Waals surface area contributed by atoms with Crippen LogP contribution >= 0.6 is 0 Å². The molecule has 1 amide bonds. The fourth-order valence-corrected chi connectivity index (χ4v) is 3.07. The van der Waals surface area contributed by atoms with Crippen LogP contribution in [-0.4, -0.2) is 37.1 Å². The molecule has 0 atom stereocenters. The highest BCUT2D eigenvalue weighted by molar-refractivity contribution is 6.05. The molecule has 6 heteroatoms. The Morgan fingerprint density at radius 2 is 2.08 bits per heavy atom. The number of fused-ring (bicyclic) bond motifs is 1. The van der Waals surface area contributed by atoms with E-state index in [1.807, 2.05) is 31.2 Å². The molecule has 0 aliphatic carbocycles. The van der Waals surface area contributed by atoms with Crippen LogP contribution in [0.25, 0.3) is 11.0 Å². The summed E-state index contributed by atoms with van der Waals surface area (Å²) in [5.41, 5.74) is 2.53. The number of hydrogen-bond donors (Lipinski definition) is 2. The number of aryl methyl sites for hydroxylation is 1. The molecule has 6 nitrogen and oxygen atoms in total. The molecule has 1 aliphatic heterocycles. The van der Waals surface area contributed by atoms with Gasteiger partial charge in [-0.3, -0.25) is 4.79 Å². The Labute approximate surface area is 145 Å². The van der Waals surface area contributed by atoms with E-state index in [1.54, 1.807) is 18.3 Å². The van der Waals surface area contributed by atoms with E-state index in [2.05, 4.69) is 20.5 Å². The van der Waals surface area contributed by atoms with Crippen LogP contribution in [0, 0.1) is 6.92 Å². The highest BCUT2D eigenvalue weighted by Crippen LogP contribution is 2.24. The highest BCUT2D eigenvalue weighted by atomic mass is 16.3. The Hall–Kier alpha value is -2.86. The molecule has 2 aromatic heterocycles. The lowest BCUT2D eigenvalue weighted by Gasteiger charge is -2.28. The number of carbonyl (C=O) groups excluding carboxylic acids is 1. The second kappa shape index (κ2) is 6.57. The number of anilines is 2. The van der Waals surface area contributed by atoms with Crippen LogP contribution in [0.4, 0.5) is 11.5 Å². The summed E-state index contributed by atoms with van der Waals surface area (Å²) >= 11 is 0. The second-order valence-corrected chi connectivity index (χ2v) is 6.19. The number of furan rings is 1. The van der Waals surface area contributed by atoms with E-state index in [-0.39, 0.29) is 5.91 Å². The van der Waals surface area contributed by atoms with Gasteiger partial charge in [0, 0.05) is 49.5 Å². The van der Waals surface area contributed by atoms with Crippen molar-refractivity contribution in [2.45, 2.75) is 6.92 Å². The number of rotatable bonds is 3. The van der Waals surface area contributed by atoms with E-state index < -0.39 is 0 Å². The zero-order valence-corrected chi connectivity index (χ0v) is 14.1. The Morgan fingerprint density at radius 1 is 1.24 bits per heavy atom. The zero-order chi connectivity index (χ0) is 17.2. The molecule has 4 rings (SSSR count). The SMILES string of the molecule is Cc1cccc2oc(C(=O)Nc3ccnc(N4CCNCC4)c3)cc12. The van der Waals surface area contributed by atoms with Crippen LogP contribution in [0.15, 0.2) is 47.0 Å². The van der Waals surface area contributed by atoms with Crippen molar-refractivity contribution in [1.29, 1.82) is 0 Å². The predicted octanol–water partition coefficient (Wildman–Crippen LogP) is 2.80. The Balaban J connectivity index is 1.54. The van der Waals surface area contributed by atoms with Crippen molar-refractivity contribution in [3.05, 3.63) is 53.9 Å². The Morgan fingerprint density at radius 3 is 2.88 bits per heavy atom. The minimum absolute atomic E-state index is 0.256. The molecule has 0 spiro atoms.